The number of methoxy groups -OCH3 is 1. The summed E-state index contributed by atoms with van der Waals surface area (Å²) in [6.07, 6.45) is 0. The molecule has 152 valence electrons. The van der Waals surface area contributed by atoms with Gasteiger partial charge in [0.1, 0.15) is 5.82 Å². The fourth-order valence-electron chi connectivity index (χ4n) is 3.42. The Morgan fingerprint density at radius 1 is 1.17 bits per heavy atom. The minimum absolute atomic E-state index is 0.119. The molecule has 0 fully saturated rings. The first kappa shape index (κ1) is 20.5. The topological polar surface area (TPSA) is 108 Å². The van der Waals surface area contributed by atoms with Gasteiger partial charge in [-0.1, -0.05) is 19.1 Å². The molecule has 3 aromatic rings. The van der Waals surface area contributed by atoms with E-state index in [1.807, 2.05) is 17.9 Å². The lowest BCUT2D eigenvalue weighted by Crippen LogP contribution is -2.31. The normalized spacial score (nSPS) is 11.2. The summed E-state index contributed by atoms with van der Waals surface area (Å²) in [6.45, 7) is 6.42. The molecule has 0 aliphatic rings. The third kappa shape index (κ3) is 4.12. The number of ketones is 1. The van der Waals surface area contributed by atoms with Crippen LogP contribution in [0, 0.1) is 13.8 Å². The number of hydrogen-bond donors (Lipinski definition) is 2. The van der Waals surface area contributed by atoms with Gasteiger partial charge in [0.2, 0.25) is 0 Å². The van der Waals surface area contributed by atoms with Crippen molar-refractivity contribution in [2.75, 3.05) is 20.2 Å². The Bertz CT molecular complexity index is 1130. The number of aromatic nitrogens is 3. The quantitative estimate of drug-likeness (QED) is 0.469. The Morgan fingerprint density at radius 2 is 1.90 bits per heavy atom. The second-order valence-electron chi connectivity index (χ2n) is 6.87. The summed E-state index contributed by atoms with van der Waals surface area (Å²) in [6, 6.07) is 7.13. The molecule has 0 unspecified atom stereocenters. The van der Waals surface area contributed by atoms with Gasteiger partial charge in [-0.3, -0.25) is 14.5 Å². The largest absolute Gasteiger partial charge is 0.465 e. The monoisotopic (exact) mass is 396 g/mol. The number of nitrogens with one attached hydrogen (secondary N) is 2. The second-order valence-corrected chi connectivity index (χ2v) is 6.87. The van der Waals surface area contributed by atoms with E-state index in [1.54, 1.807) is 32.0 Å². The molecular weight excluding hydrogens is 372 g/mol. The lowest BCUT2D eigenvalue weighted by Gasteiger charge is -2.19. The maximum Gasteiger partial charge on any atom is 0.339 e. The smallest absolute Gasteiger partial charge is 0.339 e. The zero-order valence-corrected chi connectivity index (χ0v) is 17.0. The van der Waals surface area contributed by atoms with Crippen molar-refractivity contribution in [2.24, 2.45) is 0 Å². The second kappa shape index (κ2) is 8.40. The third-order valence-electron chi connectivity index (χ3n) is 4.96. The molecule has 8 heteroatoms. The molecule has 0 spiro atoms. The number of Topliss-reactive ketones (excluding diaryl/α,β-unsaturated/α-hetero) is 1. The number of carbonyl (C=O) groups is 2. The Kier molecular flexibility index (Phi) is 5.93. The predicted molar refractivity (Wildman–Crippen MR) is 109 cm³/mol. The van der Waals surface area contributed by atoms with Gasteiger partial charge in [0.05, 0.1) is 42.4 Å². The lowest BCUT2D eigenvalue weighted by atomic mass is 10.1. The summed E-state index contributed by atoms with van der Waals surface area (Å²) >= 11 is 0. The van der Waals surface area contributed by atoms with Crippen LogP contribution in [0.3, 0.4) is 0 Å². The van der Waals surface area contributed by atoms with Crippen LogP contribution in [0.15, 0.2) is 29.1 Å². The summed E-state index contributed by atoms with van der Waals surface area (Å²) < 4.78 is 4.80. The Labute approximate surface area is 167 Å². The van der Waals surface area contributed by atoms with E-state index in [1.165, 1.54) is 7.11 Å². The van der Waals surface area contributed by atoms with Gasteiger partial charge in [-0.2, -0.15) is 0 Å². The molecule has 29 heavy (non-hydrogen) atoms. The van der Waals surface area contributed by atoms with Gasteiger partial charge < -0.3 is 14.7 Å². The summed E-state index contributed by atoms with van der Waals surface area (Å²) in [5.41, 5.74) is 2.37. The van der Waals surface area contributed by atoms with E-state index in [2.05, 4.69) is 15.0 Å². The number of esters is 1. The first-order valence-corrected chi connectivity index (χ1v) is 9.36. The van der Waals surface area contributed by atoms with Crippen molar-refractivity contribution in [2.45, 2.75) is 27.3 Å². The number of H-pyrrole nitrogens is 2. The highest BCUT2D eigenvalue weighted by atomic mass is 16.5. The molecule has 3 rings (SSSR count). The molecular formula is C21H24N4O4. The van der Waals surface area contributed by atoms with Crippen LogP contribution in [0.25, 0.3) is 10.9 Å². The first-order chi connectivity index (χ1) is 13.8. The van der Waals surface area contributed by atoms with E-state index in [0.29, 0.717) is 52.3 Å². The SMILES string of the molecule is CCN(CC(=O)c1[nH]c(C)c(C(=O)OC)c1C)Cc1nc2ccccc2c(=O)[nH]1. The number of fused-ring (bicyclic) bond motifs is 1. The van der Waals surface area contributed by atoms with Gasteiger partial charge in [0.25, 0.3) is 5.56 Å². The highest BCUT2D eigenvalue weighted by Crippen LogP contribution is 2.20. The van der Waals surface area contributed by atoms with Crippen molar-refractivity contribution in [1.82, 2.24) is 19.9 Å². The van der Waals surface area contributed by atoms with Gasteiger partial charge in [-0.15, -0.1) is 0 Å². The maximum atomic E-state index is 12.9. The van der Waals surface area contributed by atoms with Crippen LogP contribution in [0.1, 0.15) is 44.9 Å². The van der Waals surface area contributed by atoms with E-state index >= 15 is 0 Å². The van der Waals surface area contributed by atoms with Crippen molar-refractivity contribution in [3.63, 3.8) is 0 Å². The molecule has 0 saturated carbocycles. The van der Waals surface area contributed by atoms with Crippen LogP contribution >= 0.6 is 0 Å². The van der Waals surface area contributed by atoms with Gasteiger partial charge >= 0.3 is 5.97 Å². The molecule has 0 amide bonds. The maximum absolute atomic E-state index is 12.9. The number of ether oxygens (including phenoxy) is 1. The number of aryl methyl sites for hydroxylation is 1. The van der Waals surface area contributed by atoms with Crippen LogP contribution in [0.2, 0.25) is 0 Å². The number of benzene rings is 1. The lowest BCUT2D eigenvalue weighted by molar-refractivity contribution is 0.0599. The number of carbonyl (C=O) groups excluding carboxylic acids is 2. The molecule has 0 aliphatic heterocycles. The Hall–Kier alpha value is -3.26. The highest BCUT2D eigenvalue weighted by Gasteiger charge is 2.23. The van der Waals surface area contributed by atoms with Crippen LogP contribution in [0.4, 0.5) is 0 Å². The van der Waals surface area contributed by atoms with Crippen LogP contribution in [-0.4, -0.2) is 51.8 Å². The van der Waals surface area contributed by atoms with E-state index < -0.39 is 5.97 Å². The van der Waals surface area contributed by atoms with Gasteiger partial charge in [-0.25, -0.2) is 9.78 Å². The predicted octanol–water partition coefficient (Wildman–Crippen LogP) is 2.36. The fourth-order valence-corrected chi connectivity index (χ4v) is 3.42. The summed E-state index contributed by atoms with van der Waals surface area (Å²) in [4.78, 5) is 49.2. The highest BCUT2D eigenvalue weighted by molar-refractivity contribution is 6.02. The molecule has 8 nitrogen and oxygen atoms in total. The first-order valence-electron chi connectivity index (χ1n) is 9.36. The molecule has 0 saturated heterocycles. The molecule has 2 aromatic heterocycles. The molecule has 2 heterocycles. The standard InChI is InChI=1S/C21H24N4O4/c1-5-25(11-17-23-15-9-7-6-8-14(15)20(27)24-17)10-16(26)19-12(2)18(13(3)22-19)21(28)29-4/h6-9,22H,5,10-11H2,1-4H3,(H,23,24,27). The van der Waals surface area contributed by atoms with E-state index in [4.69, 9.17) is 4.74 Å². The van der Waals surface area contributed by atoms with Crippen molar-refractivity contribution < 1.29 is 14.3 Å². The minimum Gasteiger partial charge on any atom is -0.465 e. The van der Waals surface area contributed by atoms with Gasteiger partial charge in [0, 0.05) is 5.69 Å². The molecule has 2 N–H and O–H groups in total. The van der Waals surface area contributed by atoms with Crippen molar-refractivity contribution in [3.05, 3.63) is 63.0 Å². The number of nitrogens with zero attached hydrogens (tertiary/aromatic N) is 2. The van der Waals surface area contributed by atoms with Gasteiger partial charge in [0.15, 0.2) is 5.78 Å². The van der Waals surface area contributed by atoms with Crippen LogP contribution in [-0.2, 0) is 11.3 Å². The zero-order chi connectivity index (χ0) is 21.1. The average Bonchev–Trinajstić information content (AvgIpc) is 3.01. The summed E-state index contributed by atoms with van der Waals surface area (Å²) in [7, 11) is 1.31. The average molecular weight is 396 g/mol. The number of likely N-dealkylation sites (N-methyl/N-ethyl adjacent to an activating group) is 1. The van der Waals surface area contributed by atoms with E-state index in [0.717, 1.165) is 0 Å². The fraction of sp³-hybridized carbons (Fsp3) is 0.333. The van der Waals surface area contributed by atoms with Crippen LogP contribution < -0.4 is 5.56 Å². The van der Waals surface area contributed by atoms with E-state index in [-0.39, 0.29) is 17.9 Å². The molecule has 0 radical (unpaired) electrons. The number of rotatable bonds is 7. The molecule has 0 bridgehead atoms. The van der Waals surface area contributed by atoms with Crippen molar-refractivity contribution >= 4 is 22.7 Å². The van der Waals surface area contributed by atoms with Crippen molar-refractivity contribution in [1.29, 1.82) is 0 Å². The zero-order valence-electron chi connectivity index (χ0n) is 17.0. The minimum atomic E-state index is -0.472. The Morgan fingerprint density at radius 3 is 2.59 bits per heavy atom. The molecule has 0 atom stereocenters. The third-order valence-corrected chi connectivity index (χ3v) is 4.96. The number of para-hydroxylation sites is 1. The van der Waals surface area contributed by atoms with Crippen molar-refractivity contribution in [3.8, 4) is 0 Å². The van der Waals surface area contributed by atoms with E-state index in [9.17, 15) is 14.4 Å². The number of hydrogen-bond acceptors (Lipinski definition) is 6. The summed E-state index contributed by atoms with van der Waals surface area (Å²) in [5.74, 6) is -0.121. The van der Waals surface area contributed by atoms with Crippen LogP contribution in [0.5, 0.6) is 0 Å². The van der Waals surface area contributed by atoms with Gasteiger partial charge in [-0.05, 0) is 38.1 Å². The Balaban J connectivity index is 1.81. The molecule has 0 aliphatic carbocycles. The summed E-state index contributed by atoms with van der Waals surface area (Å²) in [5, 5.41) is 0.531. The number of aromatic amines is 2. The molecule has 1 aromatic carbocycles.